The SMILES string of the molecule is N=C1CCCCN1CCc1ccc(Cl)cc1Cl. The van der Waals surface area contributed by atoms with Gasteiger partial charge in [-0.2, -0.15) is 0 Å². The topological polar surface area (TPSA) is 27.1 Å². The molecule has 1 aromatic carbocycles. The molecule has 0 saturated carbocycles. The minimum Gasteiger partial charge on any atom is -0.360 e. The van der Waals surface area contributed by atoms with Crippen molar-refractivity contribution in [3.05, 3.63) is 33.8 Å². The van der Waals surface area contributed by atoms with Crippen LogP contribution in [-0.4, -0.2) is 23.8 Å². The fourth-order valence-electron chi connectivity index (χ4n) is 2.11. The predicted molar refractivity (Wildman–Crippen MR) is 73.3 cm³/mol. The molecule has 1 aliphatic heterocycles. The van der Waals surface area contributed by atoms with Crippen molar-refractivity contribution >= 4 is 29.0 Å². The van der Waals surface area contributed by atoms with Gasteiger partial charge in [0.25, 0.3) is 0 Å². The van der Waals surface area contributed by atoms with E-state index in [4.69, 9.17) is 28.6 Å². The average molecular weight is 271 g/mol. The van der Waals surface area contributed by atoms with Crippen molar-refractivity contribution in [3.63, 3.8) is 0 Å². The molecule has 2 rings (SSSR count). The van der Waals surface area contributed by atoms with E-state index in [1.54, 1.807) is 6.07 Å². The summed E-state index contributed by atoms with van der Waals surface area (Å²) in [7, 11) is 0. The van der Waals surface area contributed by atoms with E-state index in [1.807, 2.05) is 12.1 Å². The van der Waals surface area contributed by atoms with Gasteiger partial charge < -0.3 is 4.90 Å². The molecule has 0 radical (unpaired) electrons. The van der Waals surface area contributed by atoms with E-state index < -0.39 is 0 Å². The molecule has 1 aliphatic rings. The molecule has 2 nitrogen and oxygen atoms in total. The number of halogens is 2. The van der Waals surface area contributed by atoms with Crippen LogP contribution < -0.4 is 0 Å². The average Bonchev–Trinajstić information content (AvgIpc) is 2.30. The molecule has 1 saturated heterocycles. The number of nitrogens with zero attached hydrogens (tertiary/aromatic N) is 1. The minimum absolute atomic E-state index is 0.671. The summed E-state index contributed by atoms with van der Waals surface area (Å²) in [5.41, 5.74) is 1.11. The molecular formula is C13H16Cl2N2. The molecule has 0 amide bonds. The molecule has 0 aromatic heterocycles. The first-order valence-corrected chi connectivity index (χ1v) is 6.69. The van der Waals surface area contributed by atoms with Gasteiger partial charge >= 0.3 is 0 Å². The van der Waals surface area contributed by atoms with Crippen LogP contribution in [0.25, 0.3) is 0 Å². The van der Waals surface area contributed by atoms with Crippen LogP contribution in [0.15, 0.2) is 18.2 Å². The van der Waals surface area contributed by atoms with Gasteiger partial charge in [-0.25, -0.2) is 0 Å². The van der Waals surface area contributed by atoms with E-state index in [-0.39, 0.29) is 0 Å². The van der Waals surface area contributed by atoms with E-state index in [2.05, 4.69) is 4.90 Å². The lowest BCUT2D eigenvalue weighted by Crippen LogP contribution is -2.36. The van der Waals surface area contributed by atoms with Gasteiger partial charge in [0.1, 0.15) is 0 Å². The molecule has 17 heavy (non-hydrogen) atoms. The normalized spacial score (nSPS) is 16.4. The number of amidine groups is 1. The second kappa shape index (κ2) is 5.74. The van der Waals surface area contributed by atoms with Crippen molar-refractivity contribution < 1.29 is 0 Å². The number of likely N-dealkylation sites (tertiary alicyclic amines) is 1. The minimum atomic E-state index is 0.671. The summed E-state index contributed by atoms with van der Waals surface area (Å²) in [5, 5.41) is 9.27. The van der Waals surface area contributed by atoms with Gasteiger partial charge in [-0.05, 0) is 37.0 Å². The third kappa shape index (κ3) is 3.36. The van der Waals surface area contributed by atoms with Gasteiger partial charge in [-0.3, -0.25) is 5.41 Å². The Bertz CT molecular complexity index is 418. The third-order valence-corrected chi connectivity index (χ3v) is 3.73. The van der Waals surface area contributed by atoms with E-state index in [0.717, 1.165) is 48.8 Å². The second-order valence-electron chi connectivity index (χ2n) is 4.38. The summed E-state index contributed by atoms with van der Waals surface area (Å²) in [6.07, 6.45) is 4.13. The molecule has 0 aliphatic carbocycles. The Morgan fingerprint density at radius 1 is 1.24 bits per heavy atom. The summed E-state index contributed by atoms with van der Waals surface area (Å²) < 4.78 is 0. The molecule has 1 fully saturated rings. The number of hydrogen-bond donors (Lipinski definition) is 1. The first-order valence-electron chi connectivity index (χ1n) is 5.93. The highest BCUT2D eigenvalue weighted by atomic mass is 35.5. The quantitative estimate of drug-likeness (QED) is 0.883. The lowest BCUT2D eigenvalue weighted by Gasteiger charge is -2.29. The summed E-state index contributed by atoms with van der Waals surface area (Å²) in [5.74, 6) is 0.765. The van der Waals surface area contributed by atoms with Gasteiger partial charge in [-0.15, -0.1) is 0 Å². The molecule has 4 heteroatoms. The Morgan fingerprint density at radius 2 is 2.06 bits per heavy atom. The van der Waals surface area contributed by atoms with Gasteiger partial charge in [0.15, 0.2) is 0 Å². The molecule has 0 atom stereocenters. The highest BCUT2D eigenvalue weighted by molar-refractivity contribution is 6.35. The molecule has 0 spiro atoms. The Balaban J connectivity index is 1.95. The number of rotatable bonds is 3. The van der Waals surface area contributed by atoms with Crippen molar-refractivity contribution in [2.24, 2.45) is 0 Å². The van der Waals surface area contributed by atoms with Crippen LogP contribution in [0, 0.1) is 5.41 Å². The summed E-state index contributed by atoms with van der Waals surface area (Å²) in [6, 6.07) is 5.61. The number of piperidine rings is 1. The maximum atomic E-state index is 7.87. The second-order valence-corrected chi connectivity index (χ2v) is 5.22. The van der Waals surface area contributed by atoms with Crippen LogP contribution in [0.1, 0.15) is 24.8 Å². The van der Waals surface area contributed by atoms with Crippen LogP contribution in [0.5, 0.6) is 0 Å². The van der Waals surface area contributed by atoms with E-state index in [1.165, 1.54) is 6.42 Å². The van der Waals surface area contributed by atoms with Crippen LogP contribution in [0.2, 0.25) is 10.0 Å². The summed E-state index contributed by atoms with van der Waals surface area (Å²) >= 11 is 12.0. The Hall–Kier alpha value is -0.730. The Morgan fingerprint density at radius 3 is 2.76 bits per heavy atom. The maximum absolute atomic E-state index is 7.87. The molecule has 92 valence electrons. The first-order chi connectivity index (χ1) is 8.16. The monoisotopic (exact) mass is 270 g/mol. The van der Waals surface area contributed by atoms with Crippen molar-refractivity contribution in [2.75, 3.05) is 13.1 Å². The predicted octanol–water partition coefficient (Wildman–Crippen LogP) is 4.00. The number of nitrogens with one attached hydrogen (secondary N) is 1. The van der Waals surface area contributed by atoms with E-state index in [9.17, 15) is 0 Å². The van der Waals surface area contributed by atoms with Crippen molar-refractivity contribution in [2.45, 2.75) is 25.7 Å². The molecular weight excluding hydrogens is 255 g/mol. The number of benzene rings is 1. The zero-order valence-electron chi connectivity index (χ0n) is 9.68. The molecule has 1 heterocycles. The first kappa shape index (κ1) is 12.7. The molecule has 1 N–H and O–H groups in total. The summed E-state index contributed by atoms with van der Waals surface area (Å²) in [6.45, 7) is 1.88. The lowest BCUT2D eigenvalue weighted by atomic mass is 10.1. The largest absolute Gasteiger partial charge is 0.360 e. The smallest absolute Gasteiger partial charge is 0.0957 e. The van der Waals surface area contributed by atoms with Crippen molar-refractivity contribution in [1.29, 1.82) is 5.41 Å². The van der Waals surface area contributed by atoms with Gasteiger partial charge in [-0.1, -0.05) is 29.3 Å². The lowest BCUT2D eigenvalue weighted by molar-refractivity contribution is 0.370. The van der Waals surface area contributed by atoms with Gasteiger partial charge in [0.2, 0.25) is 0 Å². The standard InChI is InChI=1S/C13H16Cl2N2/c14-11-5-4-10(12(15)9-11)6-8-17-7-2-1-3-13(17)16/h4-5,9,16H,1-3,6-8H2. The van der Waals surface area contributed by atoms with Crippen LogP contribution in [0.3, 0.4) is 0 Å². The third-order valence-electron chi connectivity index (χ3n) is 3.14. The van der Waals surface area contributed by atoms with Crippen LogP contribution in [0.4, 0.5) is 0 Å². The van der Waals surface area contributed by atoms with Crippen molar-refractivity contribution in [1.82, 2.24) is 4.90 Å². The molecule has 0 bridgehead atoms. The highest BCUT2D eigenvalue weighted by Crippen LogP contribution is 2.22. The maximum Gasteiger partial charge on any atom is 0.0957 e. The van der Waals surface area contributed by atoms with E-state index in [0.29, 0.717) is 5.02 Å². The zero-order valence-corrected chi connectivity index (χ0v) is 11.2. The van der Waals surface area contributed by atoms with E-state index >= 15 is 0 Å². The van der Waals surface area contributed by atoms with Crippen LogP contribution in [-0.2, 0) is 6.42 Å². The highest BCUT2D eigenvalue weighted by Gasteiger charge is 2.14. The molecule has 1 aromatic rings. The summed E-state index contributed by atoms with van der Waals surface area (Å²) in [4.78, 5) is 2.15. The molecule has 0 unspecified atom stereocenters. The number of hydrogen-bond acceptors (Lipinski definition) is 1. The fourth-order valence-corrected chi connectivity index (χ4v) is 2.62. The Kier molecular flexibility index (Phi) is 4.30. The fraction of sp³-hybridized carbons (Fsp3) is 0.462. The van der Waals surface area contributed by atoms with Crippen LogP contribution >= 0.6 is 23.2 Å². The van der Waals surface area contributed by atoms with Crippen molar-refractivity contribution in [3.8, 4) is 0 Å². The van der Waals surface area contributed by atoms with Gasteiger partial charge in [0, 0.05) is 29.6 Å². The zero-order chi connectivity index (χ0) is 12.3. The Labute approximate surface area is 112 Å². The van der Waals surface area contributed by atoms with Gasteiger partial charge in [0.05, 0.1) is 5.84 Å².